The van der Waals surface area contributed by atoms with E-state index in [9.17, 15) is 13.2 Å². The van der Waals surface area contributed by atoms with Gasteiger partial charge in [0.2, 0.25) is 5.95 Å². The fraction of sp³-hybridized carbons (Fsp3) is 0.118. The first-order valence-electron chi connectivity index (χ1n) is 7.60. The van der Waals surface area contributed by atoms with Crippen LogP contribution in [0.4, 0.5) is 36.3 Å². The molecule has 0 aliphatic rings. The van der Waals surface area contributed by atoms with Crippen LogP contribution >= 0.6 is 11.6 Å². The summed E-state index contributed by atoms with van der Waals surface area (Å²) >= 11 is 5.68. The normalized spacial score (nSPS) is 11.1. The van der Waals surface area contributed by atoms with Gasteiger partial charge < -0.3 is 15.4 Å². The average molecular weight is 396 g/mol. The second-order valence-electron chi connectivity index (χ2n) is 5.30. The second kappa shape index (κ2) is 7.67. The van der Waals surface area contributed by atoms with E-state index in [0.717, 1.165) is 6.07 Å². The fourth-order valence-corrected chi connectivity index (χ4v) is 2.46. The Morgan fingerprint density at radius 3 is 2.56 bits per heavy atom. The number of hydrogen-bond acceptors (Lipinski definition) is 6. The van der Waals surface area contributed by atoms with Gasteiger partial charge in [-0.1, -0.05) is 23.7 Å². The van der Waals surface area contributed by atoms with Crippen LogP contribution in [0, 0.1) is 0 Å². The molecule has 0 bridgehead atoms. The van der Waals surface area contributed by atoms with Crippen LogP contribution in [0.1, 0.15) is 5.56 Å². The number of aromatic nitrogens is 3. The van der Waals surface area contributed by atoms with Crippen molar-refractivity contribution in [3.05, 3.63) is 59.2 Å². The van der Waals surface area contributed by atoms with Crippen LogP contribution in [0.3, 0.4) is 0 Å². The van der Waals surface area contributed by atoms with E-state index in [0.29, 0.717) is 11.4 Å². The van der Waals surface area contributed by atoms with Crippen molar-refractivity contribution in [2.45, 2.75) is 6.18 Å². The summed E-state index contributed by atoms with van der Waals surface area (Å²) in [5.41, 5.74) is -0.523. The van der Waals surface area contributed by atoms with E-state index in [1.165, 1.54) is 25.4 Å². The molecule has 140 valence electrons. The number of benzene rings is 2. The van der Waals surface area contributed by atoms with Gasteiger partial charge in [0.15, 0.2) is 5.82 Å². The number of hydrogen-bond donors (Lipinski definition) is 2. The lowest BCUT2D eigenvalue weighted by Crippen LogP contribution is -2.10. The predicted molar refractivity (Wildman–Crippen MR) is 95.8 cm³/mol. The van der Waals surface area contributed by atoms with Crippen molar-refractivity contribution in [2.75, 3.05) is 17.7 Å². The molecule has 6 nitrogen and oxygen atoms in total. The van der Waals surface area contributed by atoms with Crippen LogP contribution in [0.5, 0.6) is 5.75 Å². The second-order valence-corrected chi connectivity index (χ2v) is 5.74. The van der Waals surface area contributed by atoms with Crippen LogP contribution < -0.4 is 15.4 Å². The zero-order valence-corrected chi connectivity index (χ0v) is 14.6. The third kappa shape index (κ3) is 4.56. The number of ether oxygens (including phenoxy) is 1. The third-order valence-corrected chi connectivity index (χ3v) is 3.70. The molecule has 0 radical (unpaired) electrons. The number of nitrogens with zero attached hydrogens (tertiary/aromatic N) is 3. The Kier molecular flexibility index (Phi) is 5.31. The SMILES string of the molecule is COc1ccccc1Nc1nncc(Nc2ccc(Cl)cc2C(F)(F)F)n1. The van der Waals surface area contributed by atoms with Gasteiger partial charge in [0.1, 0.15) is 5.75 Å². The van der Waals surface area contributed by atoms with Crippen molar-refractivity contribution in [3.8, 4) is 5.75 Å². The Balaban J connectivity index is 1.87. The van der Waals surface area contributed by atoms with Crippen LogP contribution in [0.15, 0.2) is 48.7 Å². The lowest BCUT2D eigenvalue weighted by atomic mass is 10.1. The van der Waals surface area contributed by atoms with Crippen molar-refractivity contribution >= 4 is 34.7 Å². The molecule has 2 aromatic carbocycles. The van der Waals surface area contributed by atoms with Gasteiger partial charge in [-0.15, -0.1) is 5.10 Å². The maximum atomic E-state index is 13.2. The number of methoxy groups -OCH3 is 1. The molecule has 0 amide bonds. The molecule has 2 N–H and O–H groups in total. The molecular weight excluding hydrogens is 383 g/mol. The van der Waals surface area contributed by atoms with Gasteiger partial charge in [0.25, 0.3) is 0 Å². The predicted octanol–water partition coefficient (Wildman–Crippen LogP) is 5.04. The van der Waals surface area contributed by atoms with Gasteiger partial charge in [0.05, 0.1) is 30.2 Å². The molecule has 0 unspecified atom stereocenters. The first-order valence-corrected chi connectivity index (χ1v) is 7.98. The lowest BCUT2D eigenvalue weighted by molar-refractivity contribution is -0.136. The Morgan fingerprint density at radius 1 is 1.04 bits per heavy atom. The number of rotatable bonds is 5. The highest BCUT2D eigenvalue weighted by Gasteiger charge is 2.34. The van der Waals surface area contributed by atoms with Gasteiger partial charge >= 0.3 is 6.18 Å². The number of anilines is 4. The summed E-state index contributed by atoms with van der Waals surface area (Å²) in [6.45, 7) is 0. The van der Waals surface area contributed by atoms with Gasteiger partial charge in [-0.3, -0.25) is 0 Å². The highest BCUT2D eigenvalue weighted by atomic mass is 35.5. The fourth-order valence-electron chi connectivity index (χ4n) is 2.28. The monoisotopic (exact) mass is 395 g/mol. The Bertz CT molecular complexity index is 952. The molecule has 27 heavy (non-hydrogen) atoms. The van der Waals surface area contributed by atoms with Crippen molar-refractivity contribution in [3.63, 3.8) is 0 Å². The molecule has 10 heteroatoms. The molecule has 0 saturated heterocycles. The summed E-state index contributed by atoms with van der Waals surface area (Å²) in [6, 6.07) is 10.5. The van der Waals surface area contributed by atoms with Crippen molar-refractivity contribution < 1.29 is 17.9 Å². The number of alkyl halides is 3. The number of nitrogens with one attached hydrogen (secondary N) is 2. The highest BCUT2D eigenvalue weighted by molar-refractivity contribution is 6.30. The maximum Gasteiger partial charge on any atom is 0.418 e. The minimum absolute atomic E-state index is 0.0211. The van der Waals surface area contributed by atoms with Crippen molar-refractivity contribution in [1.82, 2.24) is 15.2 Å². The van der Waals surface area contributed by atoms with E-state index in [1.54, 1.807) is 24.3 Å². The van der Waals surface area contributed by atoms with Crippen molar-refractivity contribution in [2.24, 2.45) is 0 Å². The van der Waals surface area contributed by atoms with Crippen LogP contribution in [0.25, 0.3) is 0 Å². The molecule has 0 aliphatic heterocycles. The van der Waals surface area contributed by atoms with Crippen molar-refractivity contribution in [1.29, 1.82) is 0 Å². The number of halogens is 4. The zero-order chi connectivity index (χ0) is 19.4. The minimum Gasteiger partial charge on any atom is -0.495 e. The Hall–Kier alpha value is -3.07. The average Bonchev–Trinajstić information content (AvgIpc) is 2.63. The quantitative estimate of drug-likeness (QED) is 0.630. The smallest absolute Gasteiger partial charge is 0.418 e. The molecule has 1 heterocycles. The summed E-state index contributed by atoms with van der Waals surface area (Å²) in [5, 5.41) is 13.1. The van der Waals surface area contributed by atoms with Gasteiger partial charge in [-0.2, -0.15) is 23.3 Å². The van der Waals surface area contributed by atoms with Crippen LogP contribution in [-0.4, -0.2) is 22.3 Å². The van der Waals surface area contributed by atoms with Gasteiger partial charge in [-0.05, 0) is 30.3 Å². The Labute approximate surface area is 157 Å². The lowest BCUT2D eigenvalue weighted by Gasteiger charge is -2.15. The molecule has 1 aromatic heterocycles. The summed E-state index contributed by atoms with van der Waals surface area (Å²) in [6.07, 6.45) is -3.37. The molecular formula is C17H13ClF3N5O. The number of para-hydroxylation sites is 2. The molecule has 0 atom stereocenters. The Morgan fingerprint density at radius 2 is 1.81 bits per heavy atom. The molecule has 0 saturated carbocycles. The molecule has 3 aromatic rings. The van der Waals surface area contributed by atoms with E-state index < -0.39 is 11.7 Å². The van der Waals surface area contributed by atoms with E-state index in [-0.39, 0.29) is 22.5 Å². The first kappa shape index (κ1) is 18.7. The van der Waals surface area contributed by atoms with E-state index >= 15 is 0 Å². The summed E-state index contributed by atoms with van der Waals surface area (Å²) in [4.78, 5) is 4.13. The van der Waals surface area contributed by atoms with Crippen LogP contribution in [0.2, 0.25) is 5.02 Å². The largest absolute Gasteiger partial charge is 0.495 e. The minimum atomic E-state index is -4.58. The maximum absolute atomic E-state index is 13.2. The van der Waals surface area contributed by atoms with Crippen LogP contribution in [-0.2, 0) is 6.18 Å². The van der Waals surface area contributed by atoms with Gasteiger partial charge in [0, 0.05) is 5.02 Å². The topological polar surface area (TPSA) is 72.0 Å². The molecule has 3 rings (SSSR count). The van der Waals surface area contributed by atoms with Gasteiger partial charge in [-0.25, -0.2) is 0 Å². The standard InChI is InChI=1S/C17H13ClF3N5O/c1-27-14-5-3-2-4-13(14)24-16-25-15(9-22-26-16)23-12-7-6-10(18)8-11(12)17(19,20)21/h2-9H,1H3,(H2,23,24,25,26). The molecule has 0 fully saturated rings. The summed E-state index contributed by atoms with van der Waals surface area (Å²) in [7, 11) is 1.51. The summed E-state index contributed by atoms with van der Waals surface area (Å²) < 4.78 is 44.8. The van der Waals surface area contributed by atoms with E-state index in [1.807, 2.05) is 0 Å². The molecule has 0 spiro atoms. The highest BCUT2D eigenvalue weighted by Crippen LogP contribution is 2.37. The van der Waals surface area contributed by atoms with E-state index in [4.69, 9.17) is 16.3 Å². The van der Waals surface area contributed by atoms with E-state index in [2.05, 4.69) is 25.8 Å². The zero-order valence-electron chi connectivity index (χ0n) is 13.9. The summed E-state index contributed by atoms with van der Waals surface area (Å²) in [5.74, 6) is 0.721. The first-order chi connectivity index (χ1) is 12.9. The molecule has 0 aliphatic carbocycles. The third-order valence-electron chi connectivity index (χ3n) is 3.46.